The van der Waals surface area contributed by atoms with E-state index in [1.165, 1.54) is 5.56 Å². The highest BCUT2D eigenvalue weighted by Crippen LogP contribution is 2.29. The number of aromatic nitrogens is 3. The molecular formula is C22H26N4O2. The van der Waals surface area contributed by atoms with Crippen LogP contribution in [0.15, 0.2) is 48.7 Å². The Morgan fingerprint density at radius 2 is 2.07 bits per heavy atom. The van der Waals surface area contributed by atoms with Crippen molar-refractivity contribution in [2.75, 3.05) is 26.8 Å². The third kappa shape index (κ3) is 3.92. The van der Waals surface area contributed by atoms with Crippen molar-refractivity contribution in [3.05, 3.63) is 60.0 Å². The van der Waals surface area contributed by atoms with E-state index >= 15 is 0 Å². The normalized spacial score (nSPS) is 16.8. The molecule has 0 N–H and O–H groups in total. The molecule has 0 saturated carbocycles. The second-order valence-corrected chi connectivity index (χ2v) is 7.27. The van der Waals surface area contributed by atoms with Crippen molar-refractivity contribution in [3.8, 4) is 0 Å². The molecule has 1 fully saturated rings. The Morgan fingerprint density at radius 3 is 2.89 bits per heavy atom. The number of ether oxygens (including phenoxy) is 1. The molecule has 1 aliphatic rings. The number of aryl methyl sites for hydroxylation is 1. The van der Waals surface area contributed by atoms with E-state index in [1.807, 2.05) is 35.2 Å². The van der Waals surface area contributed by atoms with Gasteiger partial charge in [0.25, 0.3) is 0 Å². The maximum atomic E-state index is 12.7. The standard InChI is InChI=1S/C22H26N4O2/c1-28-15-14-26-21(24-19-8-5-12-23-22(19)26)18-11-13-25(16-18)20(27)10-9-17-6-3-2-4-7-17/h2-8,12,18H,9-11,13-16H2,1H3/t18-/m1/s1. The summed E-state index contributed by atoms with van der Waals surface area (Å²) in [4.78, 5) is 24.0. The molecule has 3 heterocycles. The molecule has 0 unspecified atom stereocenters. The summed E-state index contributed by atoms with van der Waals surface area (Å²) in [6, 6.07) is 14.1. The molecule has 1 aromatic carbocycles. The number of imidazole rings is 1. The lowest BCUT2D eigenvalue weighted by Crippen LogP contribution is -2.29. The fourth-order valence-corrected chi connectivity index (χ4v) is 3.94. The highest BCUT2D eigenvalue weighted by atomic mass is 16.5. The number of rotatable bonds is 7. The predicted molar refractivity (Wildman–Crippen MR) is 108 cm³/mol. The SMILES string of the molecule is COCCn1c([C@@H]2CCN(C(=O)CCc3ccccc3)C2)nc2cccnc21. The number of methoxy groups -OCH3 is 1. The number of benzene rings is 1. The van der Waals surface area contributed by atoms with Gasteiger partial charge in [-0.2, -0.15) is 0 Å². The number of carbonyl (C=O) groups excluding carboxylic acids is 1. The minimum Gasteiger partial charge on any atom is -0.383 e. The van der Waals surface area contributed by atoms with Gasteiger partial charge in [0.2, 0.25) is 5.91 Å². The zero-order chi connectivity index (χ0) is 19.3. The number of carbonyl (C=O) groups is 1. The van der Waals surface area contributed by atoms with Crippen LogP contribution in [0.4, 0.5) is 0 Å². The Morgan fingerprint density at radius 1 is 1.21 bits per heavy atom. The molecule has 6 nitrogen and oxygen atoms in total. The fraction of sp³-hybridized carbons (Fsp3) is 0.409. The highest BCUT2D eigenvalue weighted by molar-refractivity contribution is 5.77. The summed E-state index contributed by atoms with van der Waals surface area (Å²) < 4.78 is 7.43. The van der Waals surface area contributed by atoms with Gasteiger partial charge in [-0.15, -0.1) is 0 Å². The van der Waals surface area contributed by atoms with Crippen LogP contribution in [0, 0.1) is 0 Å². The van der Waals surface area contributed by atoms with E-state index in [1.54, 1.807) is 13.3 Å². The second-order valence-electron chi connectivity index (χ2n) is 7.27. The molecule has 0 aliphatic carbocycles. The second kappa shape index (κ2) is 8.52. The summed E-state index contributed by atoms with van der Waals surface area (Å²) in [5.41, 5.74) is 3.00. The van der Waals surface area contributed by atoms with E-state index in [2.05, 4.69) is 21.7 Å². The van der Waals surface area contributed by atoms with Gasteiger partial charge in [-0.1, -0.05) is 30.3 Å². The fourth-order valence-electron chi connectivity index (χ4n) is 3.94. The number of nitrogens with zero attached hydrogens (tertiary/aromatic N) is 4. The van der Waals surface area contributed by atoms with Crippen LogP contribution in [-0.4, -0.2) is 52.1 Å². The molecule has 146 valence electrons. The van der Waals surface area contributed by atoms with Crippen molar-refractivity contribution in [2.45, 2.75) is 31.7 Å². The smallest absolute Gasteiger partial charge is 0.222 e. The van der Waals surface area contributed by atoms with Gasteiger partial charge >= 0.3 is 0 Å². The molecule has 1 amide bonds. The van der Waals surface area contributed by atoms with E-state index in [0.29, 0.717) is 13.0 Å². The van der Waals surface area contributed by atoms with Crippen LogP contribution >= 0.6 is 0 Å². The van der Waals surface area contributed by atoms with Crippen molar-refractivity contribution in [3.63, 3.8) is 0 Å². The van der Waals surface area contributed by atoms with E-state index in [4.69, 9.17) is 9.72 Å². The molecule has 28 heavy (non-hydrogen) atoms. The molecule has 6 heteroatoms. The van der Waals surface area contributed by atoms with Crippen LogP contribution in [0.25, 0.3) is 11.2 Å². The third-order valence-corrected chi connectivity index (χ3v) is 5.43. The average molecular weight is 378 g/mol. The summed E-state index contributed by atoms with van der Waals surface area (Å²) in [5.74, 6) is 1.49. The van der Waals surface area contributed by atoms with Gasteiger partial charge in [-0.05, 0) is 30.5 Å². The van der Waals surface area contributed by atoms with Gasteiger partial charge in [0, 0.05) is 45.3 Å². The van der Waals surface area contributed by atoms with E-state index in [9.17, 15) is 4.79 Å². The van der Waals surface area contributed by atoms with Crippen LogP contribution < -0.4 is 0 Å². The first-order valence-electron chi connectivity index (χ1n) is 9.88. The zero-order valence-electron chi connectivity index (χ0n) is 16.3. The summed E-state index contributed by atoms with van der Waals surface area (Å²) >= 11 is 0. The number of pyridine rings is 1. The van der Waals surface area contributed by atoms with Crippen LogP contribution in [0.5, 0.6) is 0 Å². The molecule has 3 aromatic rings. The summed E-state index contributed by atoms with van der Waals surface area (Å²) in [6.45, 7) is 2.85. The molecular weight excluding hydrogens is 352 g/mol. The monoisotopic (exact) mass is 378 g/mol. The van der Waals surface area contributed by atoms with Crippen molar-refractivity contribution < 1.29 is 9.53 Å². The summed E-state index contributed by atoms with van der Waals surface area (Å²) in [6.07, 6.45) is 4.08. The Kier molecular flexibility index (Phi) is 5.67. The highest BCUT2D eigenvalue weighted by Gasteiger charge is 2.30. The van der Waals surface area contributed by atoms with Crippen LogP contribution in [-0.2, 0) is 22.5 Å². The van der Waals surface area contributed by atoms with Crippen LogP contribution in [0.1, 0.15) is 30.1 Å². The van der Waals surface area contributed by atoms with Crippen molar-refractivity contribution in [2.24, 2.45) is 0 Å². The first kappa shape index (κ1) is 18.6. The summed E-state index contributed by atoms with van der Waals surface area (Å²) in [5, 5.41) is 0. The minimum atomic E-state index is 0.226. The zero-order valence-corrected chi connectivity index (χ0v) is 16.3. The molecule has 1 saturated heterocycles. The molecule has 1 aliphatic heterocycles. The van der Waals surface area contributed by atoms with Gasteiger partial charge in [0.1, 0.15) is 11.3 Å². The first-order valence-corrected chi connectivity index (χ1v) is 9.88. The van der Waals surface area contributed by atoms with E-state index < -0.39 is 0 Å². The minimum absolute atomic E-state index is 0.226. The molecule has 0 radical (unpaired) electrons. The largest absolute Gasteiger partial charge is 0.383 e. The van der Waals surface area contributed by atoms with Gasteiger partial charge in [-0.3, -0.25) is 4.79 Å². The molecule has 0 spiro atoms. The Balaban J connectivity index is 1.45. The Labute approximate surface area is 165 Å². The van der Waals surface area contributed by atoms with Crippen LogP contribution in [0.3, 0.4) is 0 Å². The Bertz CT molecular complexity index is 938. The van der Waals surface area contributed by atoms with Crippen molar-refractivity contribution in [1.82, 2.24) is 19.4 Å². The van der Waals surface area contributed by atoms with Crippen molar-refractivity contribution >= 4 is 17.1 Å². The first-order chi connectivity index (χ1) is 13.8. The molecule has 2 aromatic heterocycles. The maximum absolute atomic E-state index is 12.7. The average Bonchev–Trinajstić information content (AvgIpc) is 3.36. The summed E-state index contributed by atoms with van der Waals surface area (Å²) in [7, 11) is 1.70. The lowest BCUT2D eigenvalue weighted by Gasteiger charge is -2.17. The topological polar surface area (TPSA) is 60.2 Å². The van der Waals surface area contributed by atoms with Crippen molar-refractivity contribution in [1.29, 1.82) is 0 Å². The predicted octanol–water partition coefficient (Wildman–Crippen LogP) is 3.03. The quantitative estimate of drug-likeness (QED) is 0.634. The number of likely N-dealkylation sites (tertiary alicyclic amines) is 1. The molecule has 4 rings (SSSR count). The third-order valence-electron chi connectivity index (χ3n) is 5.43. The lowest BCUT2D eigenvalue weighted by molar-refractivity contribution is -0.130. The number of hydrogen-bond acceptors (Lipinski definition) is 4. The number of fused-ring (bicyclic) bond motifs is 1. The molecule has 1 atom stereocenters. The Hall–Kier alpha value is -2.73. The lowest BCUT2D eigenvalue weighted by atomic mass is 10.1. The van der Waals surface area contributed by atoms with Gasteiger partial charge in [0.15, 0.2) is 5.65 Å². The van der Waals surface area contributed by atoms with Gasteiger partial charge in [0.05, 0.1) is 6.61 Å². The van der Waals surface area contributed by atoms with Gasteiger partial charge < -0.3 is 14.2 Å². The maximum Gasteiger partial charge on any atom is 0.222 e. The van der Waals surface area contributed by atoms with E-state index in [-0.39, 0.29) is 11.8 Å². The number of hydrogen-bond donors (Lipinski definition) is 0. The van der Waals surface area contributed by atoms with Gasteiger partial charge in [-0.25, -0.2) is 9.97 Å². The van der Waals surface area contributed by atoms with E-state index in [0.717, 1.165) is 49.5 Å². The molecule has 0 bridgehead atoms. The van der Waals surface area contributed by atoms with Crippen LogP contribution in [0.2, 0.25) is 0 Å². The number of amides is 1.